The van der Waals surface area contributed by atoms with Crippen LogP contribution in [-0.2, 0) is 16.1 Å². The van der Waals surface area contributed by atoms with Crippen molar-refractivity contribution in [1.82, 2.24) is 0 Å². The molecule has 1 aromatic heterocycles. The van der Waals surface area contributed by atoms with Gasteiger partial charge in [0.1, 0.15) is 6.54 Å². The molecule has 3 aromatic rings. The van der Waals surface area contributed by atoms with Gasteiger partial charge in [-0.3, -0.25) is 9.59 Å². The molecule has 5 heteroatoms. The van der Waals surface area contributed by atoms with Crippen LogP contribution in [0.2, 0.25) is 0 Å². The third kappa shape index (κ3) is 2.92. The van der Waals surface area contributed by atoms with Crippen molar-refractivity contribution in [3.63, 3.8) is 0 Å². The lowest BCUT2D eigenvalue weighted by Crippen LogP contribution is -2.42. The number of ketones is 2. The number of carbonyl (C=O) groups excluding carboxylic acids is 2. The number of aromatic nitrogens is 1. The molecular formula is C31H24N2O3. The van der Waals surface area contributed by atoms with Crippen LogP contribution in [0.3, 0.4) is 0 Å². The van der Waals surface area contributed by atoms with Crippen LogP contribution in [-0.4, -0.2) is 18.1 Å². The molecule has 0 bridgehead atoms. The first-order chi connectivity index (χ1) is 17.6. The molecule has 0 spiro atoms. The fourth-order valence-corrected chi connectivity index (χ4v) is 6.23. The van der Waals surface area contributed by atoms with Crippen LogP contribution >= 0.6 is 0 Å². The first-order valence-corrected chi connectivity index (χ1v) is 12.6. The molecule has 3 aliphatic heterocycles. The van der Waals surface area contributed by atoms with Gasteiger partial charge in [-0.25, -0.2) is 0 Å². The van der Waals surface area contributed by atoms with Crippen molar-refractivity contribution in [2.45, 2.75) is 32.2 Å². The van der Waals surface area contributed by atoms with Crippen LogP contribution in [0.4, 0.5) is 5.69 Å². The molecule has 4 aliphatic rings. The Labute approximate surface area is 209 Å². The van der Waals surface area contributed by atoms with Crippen LogP contribution in [0, 0.1) is 0 Å². The number of allylic oxidation sites excluding steroid dienone is 5. The summed E-state index contributed by atoms with van der Waals surface area (Å²) in [6, 6.07) is 20.2. The summed E-state index contributed by atoms with van der Waals surface area (Å²) in [7, 11) is 0. The largest absolute Gasteiger partial charge is 0.871 e. The average Bonchev–Trinajstić information content (AvgIpc) is 3.15. The summed E-state index contributed by atoms with van der Waals surface area (Å²) < 4.78 is 2.18. The van der Waals surface area contributed by atoms with Gasteiger partial charge in [0.25, 0.3) is 0 Å². The predicted octanol–water partition coefficient (Wildman–Crippen LogP) is 4.02. The monoisotopic (exact) mass is 472 g/mol. The Morgan fingerprint density at radius 3 is 2.47 bits per heavy atom. The van der Waals surface area contributed by atoms with Crippen molar-refractivity contribution in [3.05, 3.63) is 106 Å². The van der Waals surface area contributed by atoms with Crippen molar-refractivity contribution < 1.29 is 19.3 Å². The number of rotatable bonds is 1. The van der Waals surface area contributed by atoms with Gasteiger partial charge < -0.3 is 10.0 Å². The molecule has 4 heterocycles. The average molecular weight is 473 g/mol. The molecule has 0 saturated heterocycles. The first-order valence-electron chi connectivity index (χ1n) is 12.6. The molecule has 0 N–H and O–H groups in total. The number of hydrogen-bond donors (Lipinski definition) is 0. The number of hydrogen-bond acceptors (Lipinski definition) is 4. The molecule has 0 unspecified atom stereocenters. The Morgan fingerprint density at radius 2 is 1.56 bits per heavy atom. The molecule has 7 rings (SSSR count). The fourth-order valence-electron chi connectivity index (χ4n) is 6.23. The van der Waals surface area contributed by atoms with Crippen LogP contribution < -0.4 is 14.6 Å². The lowest BCUT2D eigenvalue weighted by Gasteiger charge is -2.36. The van der Waals surface area contributed by atoms with Crippen molar-refractivity contribution in [1.29, 1.82) is 0 Å². The smallest absolute Gasteiger partial charge is 0.233 e. The normalized spacial score (nSPS) is 21.3. The molecule has 0 saturated carbocycles. The third-order valence-corrected chi connectivity index (χ3v) is 7.83. The Morgan fingerprint density at radius 1 is 0.778 bits per heavy atom. The maximum absolute atomic E-state index is 13.9. The van der Waals surface area contributed by atoms with E-state index in [1.165, 1.54) is 0 Å². The van der Waals surface area contributed by atoms with Gasteiger partial charge in [0, 0.05) is 58.6 Å². The zero-order valence-corrected chi connectivity index (χ0v) is 19.8. The van der Waals surface area contributed by atoms with Gasteiger partial charge in [0.05, 0.1) is 0 Å². The number of fused-ring (bicyclic) bond motifs is 6. The summed E-state index contributed by atoms with van der Waals surface area (Å²) >= 11 is 0. The van der Waals surface area contributed by atoms with E-state index in [9.17, 15) is 14.7 Å². The van der Waals surface area contributed by atoms with E-state index in [0.717, 1.165) is 59.5 Å². The van der Waals surface area contributed by atoms with E-state index in [1.54, 1.807) is 0 Å². The number of benzene rings is 2. The van der Waals surface area contributed by atoms with E-state index < -0.39 is 17.3 Å². The predicted molar refractivity (Wildman–Crippen MR) is 136 cm³/mol. The second-order valence-electron chi connectivity index (χ2n) is 9.76. The Bertz CT molecular complexity index is 1640. The molecule has 0 atom stereocenters. The van der Waals surface area contributed by atoms with Crippen LogP contribution in [0.5, 0.6) is 0 Å². The van der Waals surface area contributed by atoms with Crippen molar-refractivity contribution in [2.75, 3.05) is 11.4 Å². The zero-order chi connectivity index (χ0) is 24.4. The van der Waals surface area contributed by atoms with Crippen molar-refractivity contribution in [2.24, 2.45) is 0 Å². The summed E-state index contributed by atoms with van der Waals surface area (Å²) in [4.78, 5) is 29.0. The number of aryl methyl sites for hydroxylation is 1. The molecule has 0 fully saturated rings. The minimum Gasteiger partial charge on any atom is -0.871 e. The van der Waals surface area contributed by atoms with E-state index >= 15 is 0 Å². The van der Waals surface area contributed by atoms with Gasteiger partial charge >= 0.3 is 0 Å². The summed E-state index contributed by atoms with van der Waals surface area (Å²) in [5.74, 6) is -1.72. The lowest BCUT2D eigenvalue weighted by molar-refractivity contribution is -0.677. The number of carbonyl (C=O) groups is 2. The minimum absolute atomic E-state index is 0.0733. The highest BCUT2D eigenvalue weighted by molar-refractivity contribution is 6.55. The second kappa shape index (κ2) is 7.89. The van der Waals surface area contributed by atoms with Crippen LogP contribution in [0.25, 0.3) is 22.6 Å². The zero-order valence-electron chi connectivity index (χ0n) is 19.8. The SMILES string of the molecule is O=C1C(=O)/C(=C2\CCC[n+]3c2ccc2ccccc23)C([O-])=C1C1=C2C=Cc3ccccc3N2CCC1. The van der Waals surface area contributed by atoms with E-state index in [2.05, 4.69) is 33.7 Å². The van der Waals surface area contributed by atoms with E-state index in [-0.39, 0.29) is 11.1 Å². The maximum atomic E-state index is 13.9. The highest BCUT2D eigenvalue weighted by Gasteiger charge is 2.40. The Kier molecular flexibility index (Phi) is 4.61. The standard InChI is InChI=1S/C31H24N2O3/c34-29-27(21-9-5-17-32-23-11-3-1-7-19(23)13-15-25(21)32)30(35)31(36)28(29)22-10-6-18-33-24-12-4-2-8-20(24)14-16-26(22)33/h1-4,7-8,11-16H,5-6,9-10,17-18H2. The lowest BCUT2D eigenvalue weighted by atomic mass is 9.90. The number of Topliss-reactive ketones (excluding diaryl/α,β-unsaturated/α-hetero) is 2. The number of nitrogens with zero attached hydrogens (tertiary/aromatic N) is 2. The van der Waals surface area contributed by atoms with Crippen molar-refractivity contribution in [3.8, 4) is 0 Å². The maximum Gasteiger partial charge on any atom is 0.233 e. The molecule has 5 nitrogen and oxygen atoms in total. The van der Waals surface area contributed by atoms with Gasteiger partial charge in [0.2, 0.25) is 22.8 Å². The molecule has 1 aliphatic carbocycles. The summed E-state index contributed by atoms with van der Waals surface area (Å²) in [6.45, 7) is 1.63. The Balaban J connectivity index is 1.43. The van der Waals surface area contributed by atoms with Crippen LogP contribution in [0.1, 0.15) is 36.9 Å². The number of anilines is 1. The quantitative estimate of drug-likeness (QED) is 0.305. The summed E-state index contributed by atoms with van der Waals surface area (Å²) in [5, 5.41) is 15.0. The molecule has 0 amide bonds. The van der Waals surface area contributed by atoms with E-state index in [4.69, 9.17) is 0 Å². The summed E-state index contributed by atoms with van der Waals surface area (Å²) in [6.07, 6.45) is 6.86. The first kappa shape index (κ1) is 21.1. The van der Waals surface area contributed by atoms with Gasteiger partial charge in [0.15, 0.2) is 0 Å². The molecule has 0 radical (unpaired) electrons. The fraction of sp³-hybridized carbons (Fsp3) is 0.194. The molecular weight excluding hydrogens is 448 g/mol. The topological polar surface area (TPSA) is 64.3 Å². The van der Waals surface area contributed by atoms with E-state index in [1.807, 2.05) is 48.6 Å². The van der Waals surface area contributed by atoms with Gasteiger partial charge in [-0.1, -0.05) is 42.2 Å². The second-order valence-corrected chi connectivity index (χ2v) is 9.76. The molecule has 36 heavy (non-hydrogen) atoms. The van der Waals surface area contributed by atoms with Gasteiger partial charge in [-0.15, -0.1) is 0 Å². The minimum atomic E-state index is -0.656. The Hall–Kier alpha value is -4.25. The van der Waals surface area contributed by atoms with Crippen LogP contribution in [0.15, 0.2) is 94.9 Å². The third-order valence-electron chi connectivity index (χ3n) is 7.83. The molecule has 176 valence electrons. The molecule has 2 aromatic carbocycles. The number of pyridine rings is 1. The van der Waals surface area contributed by atoms with Gasteiger partial charge in [-0.05, 0) is 54.7 Å². The van der Waals surface area contributed by atoms with Crippen molar-refractivity contribution >= 4 is 39.8 Å². The highest BCUT2D eigenvalue weighted by atomic mass is 16.3. The highest BCUT2D eigenvalue weighted by Crippen LogP contribution is 2.42. The van der Waals surface area contributed by atoms with E-state index in [0.29, 0.717) is 24.0 Å². The van der Waals surface area contributed by atoms with Gasteiger partial charge in [-0.2, -0.15) is 4.57 Å². The summed E-state index contributed by atoms with van der Waals surface area (Å²) in [5.41, 5.74) is 6.52. The number of para-hydroxylation sites is 2.